The van der Waals surface area contributed by atoms with Crippen LogP contribution in [0.1, 0.15) is 19.4 Å². The minimum Gasteiger partial charge on any atom is -0.492 e. The number of amides is 1. The Labute approximate surface area is 176 Å². The molecule has 9 heteroatoms. The number of nitrogens with one attached hydrogen (secondary N) is 1. The number of sulfonamides is 1. The molecule has 0 heterocycles. The Morgan fingerprint density at radius 1 is 1.17 bits per heavy atom. The Kier molecular flexibility index (Phi) is 7.51. The molecule has 1 atom stereocenters. The van der Waals surface area contributed by atoms with Crippen molar-refractivity contribution in [2.24, 2.45) is 0 Å². The van der Waals surface area contributed by atoms with Gasteiger partial charge in [0.25, 0.3) is 5.91 Å². The summed E-state index contributed by atoms with van der Waals surface area (Å²) in [4.78, 5) is 12.5. The van der Waals surface area contributed by atoms with Crippen LogP contribution >= 0.6 is 11.6 Å². The molecule has 1 unspecified atom stereocenters. The first-order chi connectivity index (χ1) is 13.6. The van der Waals surface area contributed by atoms with Crippen molar-refractivity contribution < 1.29 is 22.7 Å². The van der Waals surface area contributed by atoms with Gasteiger partial charge in [-0.15, -0.1) is 0 Å². The van der Waals surface area contributed by atoms with E-state index in [2.05, 4.69) is 5.32 Å². The monoisotopic (exact) mass is 440 g/mol. The van der Waals surface area contributed by atoms with Crippen LogP contribution in [-0.2, 0) is 14.8 Å². The van der Waals surface area contributed by atoms with Crippen LogP contribution in [0, 0.1) is 6.92 Å². The lowest BCUT2D eigenvalue weighted by Crippen LogP contribution is -2.30. The number of nitrogens with zero attached hydrogens (tertiary/aromatic N) is 1. The fraction of sp³-hybridized carbons (Fsp3) is 0.350. The zero-order valence-corrected chi connectivity index (χ0v) is 18.6. The first-order valence-electron chi connectivity index (χ1n) is 8.99. The summed E-state index contributed by atoms with van der Waals surface area (Å²) < 4.78 is 37.4. The normalized spacial score (nSPS) is 12.5. The highest BCUT2D eigenvalue weighted by atomic mass is 35.5. The number of aryl methyl sites for hydroxylation is 1. The van der Waals surface area contributed by atoms with Crippen molar-refractivity contribution in [1.29, 1.82) is 0 Å². The Balaban J connectivity index is 2.24. The third kappa shape index (κ3) is 5.62. The summed E-state index contributed by atoms with van der Waals surface area (Å²) >= 11 is 6.11. The largest absolute Gasteiger partial charge is 0.492 e. The van der Waals surface area contributed by atoms with Crippen molar-refractivity contribution in [3.8, 4) is 11.5 Å². The first kappa shape index (κ1) is 23.0. The van der Waals surface area contributed by atoms with E-state index in [9.17, 15) is 13.2 Å². The quantitative estimate of drug-likeness (QED) is 0.676. The number of hydrogen-bond acceptors (Lipinski definition) is 5. The van der Waals surface area contributed by atoms with Crippen molar-refractivity contribution in [3.63, 3.8) is 0 Å². The molecular weight excluding hydrogens is 416 g/mol. The summed E-state index contributed by atoms with van der Waals surface area (Å²) in [7, 11) is -0.902. The lowest BCUT2D eigenvalue weighted by molar-refractivity contribution is -0.122. The molecular formula is C20H25ClN2O5S. The molecule has 2 aromatic carbocycles. The van der Waals surface area contributed by atoms with Gasteiger partial charge in [-0.05, 0) is 56.7 Å². The highest BCUT2D eigenvalue weighted by Gasteiger charge is 2.24. The van der Waals surface area contributed by atoms with E-state index in [4.69, 9.17) is 21.1 Å². The van der Waals surface area contributed by atoms with Gasteiger partial charge in [0.2, 0.25) is 10.0 Å². The van der Waals surface area contributed by atoms with Gasteiger partial charge in [0, 0.05) is 19.8 Å². The maximum Gasteiger partial charge on any atom is 0.265 e. The maximum absolute atomic E-state index is 12.6. The van der Waals surface area contributed by atoms with E-state index in [1.807, 2.05) is 13.0 Å². The molecule has 0 saturated carbocycles. The first-order valence-corrected chi connectivity index (χ1v) is 10.8. The van der Waals surface area contributed by atoms with Gasteiger partial charge in [-0.3, -0.25) is 4.79 Å². The number of halogens is 1. The fourth-order valence-electron chi connectivity index (χ4n) is 2.45. The van der Waals surface area contributed by atoms with Crippen LogP contribution in [0.5, 0.6) is 11.5 Å². The number of ether oxygens (including phenoxy) is 2. The van der Waals surface area contributed by atoms with Gasteiger partial charge in [0.1, 0.15) is 16.4 Å². The summed E-state index contributed by atoms with van der Waals surface area (Å²) in [5.41, 5.74) is 1.26. The minimum atomic E-state index is -3.76. The Morgan fingerprint density at radius 3 is 2.48 bits per heavy atom. The highest BCUT2D eigenvalue weighted by molar-refractivity contribution is 7.89. The smallest absolute Gasteiger partial charge is 0.265 e. The van der Waals surface area contributed by atoms with Gasteiger partial charge in [-0.25, -0.2) is 12.7 Å². The fourth-order valence-corrected chi connectivity index (χ4v) is 3.66. The molecule has 29 heavy (non-hydrogen) atoms. The van der Waals surface area contributed by atoms with Gasteiger partial charge < -0.3 is 14.8 Å². The van der Waals surface area contributed by atoms with E-state index in [0.29, 0.717) is 23.1 Å². The van der Waals surface area contributed by atoms with E-state index in [1.165, 1.54) is 26.2 Å². The van der Waals surface area contributed by atoms with E-state index in [0.717, 1.165) is 9.87 Å². The molecule has 2 aromatic rings. The summed E-state index contributed by atoms with van der Waals surface area (Å²) in [5, 5.41) is 3.07. The molecule has 2 rings (SSSR count). The molecule has 0 fully saturated rings. The third-order valence-electron chi connectivity index (χ3n) is 4.03. The number of rotatable bonds is 8. The lowest BCUT2D eigenvalue weighted by Gasteiger charge is -2.18. The minimum absolute atomic E-state index is 0.0301. The van der Waals surface area contributed by atoms with E-state index >= 15 is 0 Å². The van der Waals surface area contributed by atoms with Crippen LogP contribution in [-0.4, -0.2) is 45.4 Å². The van der Waals surface area contributed by atoms with Gasteiger partial charge in [-0.1, -0.05) is 17.7 Å². The van der Waals surface area contributed by atoms with Gasteiger partial charge in [0.05, 0.1) is 11.6 Å². The van der Waals surface area contributed by atoms with Gasteiger partial charge in [0.15, 0.2) is 6.10 Å². The van der Waals surface area contributed by atoms with Crippen molar-refractivity contribution in [2.75, 3.05) is 26.0 Å². The van der Waals surface area contributed by atoms with Crippen molar-refractivity contribution in [1.82, 2.24) is 4.31 Å². The number of benzene rings is 2. The molecule has 0 aliphatic carbocycles. The van der Waals surface area contributed by atoms with Crippen LogP contribution in [0.15, 0.2) is 41.3 Å². The van der Waals surface area contributed by atoms with Crippen LogP contribution < -0.4 is 14.8 Å². The summed E-state index contributed by atoms with van der Waals surface area (Å²) in [6, 6.07) is 9.73. The molecule has 1 N–H and O–H groups in total. The molecule has 0 aromatic heterocycles. The van der Waals surface area contributed by atoms with Crippen LogP contribution in [0.2, 0.25) is 5.02 Å². The molecule has 0 bridgehead atoms. The summed E-state index contributed by atoms with van der Waals surface area (Å²) in [5.74, 6) is 0.173. The summed E-state index contributed by atoms with van der Waals surface area (Å²) in [6.07, 6.45) is -0.852. The molecule has 0 aliphatic rings. The molecule has 7 nitrogen and oxygen atoms in total. The topological polar surface area (TPSA) is 84.9 Å². The van der Waals surface area contributed by atoms with E-state index in [-0.39, 0.29) is 10.6 Å². The predicted octanol–water partition coefficient (Wildman–Crippen LogP) is 3.70. The lowest BCUT2D eigenvalue weighted by atomic mass is 10.2. The van der Waals surface area contributed by atoms with Gasteiger partial charge in [-0.2, -0.15) is 0 Å². The van der Waals surface area contributed by atoms with Crippen LogP contribution in [0.3, 0.4) is 0 Å². The Hall–Kier alpha value is -2.29. The molecule has 0 saturated heterocycles. The van der Waals surface area contributed by atoms with E-state index < -0.39 is 22.0 Å². The predicted molar refractivity (Wildman–Crippen MR) is 113 cm³/mol. The SMILES string of the molecule is CCOc1ccc(NC(=O)C(C)Oc2cc(C)ccc2Cl)cc1S(=O)(=O)N(C)C. The van der Waals surface area contributed by atoms with Crippen molar-refractivity contribution in [3.05, 3.63) is 47.0 Å². The number of hydrogen-bond donors (Lipinski definition) is 1. The second kappa shape index (κ2) is 9.47. The van der Waals surface area contributed by atoms with Gasteiger partial charge >= 0.3 is 0 Å². The molecule has 158 valence electrons. The van der Waals surface area contributed by atoms with Crippen molar-refractivity contribution >= 4 is 33.2 Å². The number of carbonyl (C=O) groups excluding carboxylic acids is 1. The molecule has 0 spiro atoms. The third-order valence-corrected chi connectivity index (χ3v) is 6.18. The Morgan fingerprint density at radius 2 is 1.86 bits per heavy atom. The molecule has 1 amide bonds. The molecule has 0 radical (unpaired) electrons. The van der Waals surface area contributed by atoms with Crippen LogP contribution in [0.4, 0.5) is 5.69 Å². The number of carbonyl (C=O) groups is 1. The zero-order chi connectivity index (χ0) is 21.8. The average molecular weight is 441 g/mol. The second-order valence-corrected chi connectivity index (χ2v) is 9.09. The average Bonchev–Trinajstić information content (AvgIpc) is 2.65. The molecule has 0 aliphatic heterocycles. The van der Waals surface area contributed by atoms with E-state index in [1.54, 1.807) is 32.0 Å². The van der Waals surface area contributed by atoms with Crippen molar-refractivity contribution in [2.45, 2.75) is 31.8 Å². The summed E-state index contributed by atoms with van der Waals surface area (Å²) in [6.45, 7) is 5.54. The second-order valence-electron chi connectivity index (χ2n) is 6.57. The zero-order valence-electron chi connectivity index (χ0n) is 17.0. The maximum atomic E-state index is 12.6. The number of anilines is 1. The Bertz CT molecular complexity index is 992. The standard InChI is InChI=1S/C20H25ClN2O5S/c1-6-27-17-10-8-15(12-19(17)29(25,26)23(4)5)22-20(24)14(3)28-18-11-13(2)7-9-16(18)21/h7-12,14H,6H2,1-5H3,(H,22,24). The highest BCUT2D eigenvalue weighted by Crippen LogP contribution is 2.30. The van der Waals surface area contributed by atoms with Crippen LogP contribution in [0.25, 0.3) is 0 Å².